The van der Waals surface area contributed by atoms with Gasteiger partial charge in [0, 0.05) is 9.92 Å². The zero-order chi connectivity index (χ0) is 13.6. The molecule has 3 rings (SSSR count). The number of fused-ring (bicyclic) bond motifs is 1. The summed E-state index contributed by atoms with van der Waals surface area (Å²) in [5.74, 6) is -0.682. The zero-order valence-corrected chi connectivity index (χ0v) is 11.3. The van der Waals surface area contributed by atoms with E-state index in [1.54, 1.807) is 36.4 Å². The van der Waals surface area contributed by atoms with Crippen LogP contribution in [-0.2, 0) is 0 Å². The van der Waals surface area contributed by atoms with Crippen molar-refractivity contribution < 1.29 is 9.59 Å². The summed E-state index contributed by atoms with van der Waals surface area (Å²) in [6, 6.07) is 11.5. The minimum Gasteiger partial charge on any atom is -0.268 e. The van der Waals surface area contributed by atoms with Gasteiger partial charge in [0.15, 0.2) is 0 Å². The van der Waals surface area contributed by atoms with E-state index in [-0.39, 0.29) is 11.8 Å². The average Bonchev–Trinajstić information content (AvgIpc) is 2.63. The first-order valence-electron chi connectivity index (χ1n) is 5.55. The van der Waals surface area contributed by atoms with E-state index in [1.807, 2.05) is 0 Å². The van der Waals surface area contributed by atoms with Crippen molar-refractivity contribution in [3.05, 3.63) is 58.6 Å². The lowest BCUT2D eigenvalue weighted by molar-refractivity contribution is 0.0926. The number of hydrogen-bond donors (Lipinski definition) is 1. The van der Waals surface area contributed by atoms with E-state index >= 15 is 0 Å². The van der Waals surface area contributed by atoms with E-state index in [2.05, 4.69) is 12.6 Å². The molecule has 1 aliphatic heterocycles. The van der Waals surface area contributed by atoms with Gasteiger partial charge < -0.3 is 0 Å². The van der Waals surface area contributed by atoms with Gasteiger partial charge in [-0.15, -0.1) is 12.6 Å². The van der Waals surface area contributed by atoms with E-state index in [9.17, 15) is 9.59 Å². The number of rotatable bonds is 1. The van der Waals surface area contributed by atoms with Crippen molar-refractivity contribution in [3.8, 4) is 0 Å². The zero-order valence-electron chi connectivity index (χ0n) is 9.63. The molecule has 2 amide bonds. The van der Waals surface area contributed by atoms with Crippen LogP contribution in [-0.4, -0.2) is 11.8 Å². The van der Waals surface area contributed by atoms with Crippen molar-refractivity contribution in [3.63, 3.8) is 0 Å². The summed E-state index contributed by atoms with van der Waals surface area (Å²) in [6.45, 7) is 0. The summed E-state index contributed by atoms with van der Waals surface area (Å²) in [5, 5.41) is 0.437. The van der Waals surface area contributed by atoms with E-state index in [4.69, 9.17) is 11.6 Å². The molecule has 0 saturated carbocycles. The van der Waals surface area contributed by atoms with Crippen LogP contribution in [0.1, 0.15) is 20.7 Å². The number of nitrogens with zero attached hydrogens (tertiary/aromatic N) is 1. The normalized spacial score (nSPS) is 13.9. The molecule has 0 radical (unpaired) electrons. The second kappa shape index (κ2) is 4.40. The topological polar surface area (TPSA) is 37.4 Å². The summed E-state index contributed by atoms with van der Waals surface area (Å²) in [5.41, 5.74) is 1.25. The summed E-state index contributed by atoms with van der Waals surface area (Å²) >= 11 is 10.0. The number of imide groups is 1. The van der Waals surface area contributed by atoms with Gasteiger partial charge in [0.05, 0.1) is 16.8 Å². The van der Waals surface area contributed by atoms with E-state index < -0.39 is 0 Å². The van der Waals surface area contributed by atoms with Crippen molar-refractivity contribution >= 4 is 41.7 Å². The Morgan fingerprint density at radius 1 is 0.895 bits per heavy atom. The van der Waals surface area contributed by atoms with Crippen LogP contribution in [0.2, 0.25) is 5.02 Å². The molecular formula is C14H8ClNO2S. The van der Waals surface area contributed by atoms with Crippen LogP contribution in [0, 0.1) is 0 Å². The molecule has 2 aromatic carbocycles. The maximum atomic E-state index is 12.3. The van der Waals surface area contributed by atoms with Crippen LogP contribution in [0.4, 0.5) is 5.69 Å². The lowest BCUT2D eigenvalue weighted by Gasteiger charge is -2.13. The highest BCUT2D eigenvalue weighted by Crippen LogP contribution is 2.30. The molecular weight excluding hydrogens is 282 g/mol. The Morgan fingerprint density at radius 3 is 2.21 bits per heavy atom. The fraction of sp³-hybridized carbons (Fsp3) is 0. The monoisotopic (exact) mass is 289 g/mol. The summed E-state index contributed by atoms with van der Waals surface area (Å²) < 4.78 is 0. The fourth-order valence-corrected chi connectivity index (χ4v) is 2.37. The third-order valence-corrected chi connectivity index (χ3v) is 3.49. The number of hydrogen-bond acceptors (Lipinski definition) is 3. The van der Waals surface area contributed by atoms with Crippen molar-refractivity contribution in [1.82, 2.24) is 0 Å². The molecule has 0 unspecified atom stereocenters. The van der Waals surface area contributed by atoms with E-state index in [0.29, 0.717) is 21.8 Å². The second-order valence-corrected chi connectivity index (χ2v) is 5.10. The SMILES string of the molecule is O=C1c2ccc(Cl)cc2C(=O)N1c1ccc(S)cc1. The van der Waals surface area contributed by atoms with Crippen LogP contribution < -0.4 is 4.90 Å². The number of carbonyl (C=O) groups is 2. The predicted molar refractivity (Wildman–Crippen MR) is 76.3 cm³/mol. The lowest BCUT2D eigenvalue weighted by Crippen LogP contribution is -2.29. The molecule has 1 aliphatic rings. The van der Waals surface area contributed by atoms with Gasteiger partial charge in [0.25, 0.3) is 11.8 Å². The smallest absolute Gasteiger partial charge is 0.266 e. The molecule has 0 spiro atoms. The molecule has 0 aromatic heterocycles. The predicted octanol–water partition coefficient (Wildman–Crippen LogP) is 3.43. The third kappa shape index (κ3) is 1.93. The Bertz CT molecular complexity index is 697. The van der Waals surface area contributed by atoms with Gasteiger partial charge in [-0.3, -0.25) is 9.59 Å². The van der Waals surface area contributed by atoms with Gasteiger partial charge in [-0.05, 0) is 42.5 Å². The summed E-state index contributed by atoms with van der Waals surface area (Å²) in [7, 11) is 0. The number of thiol groups is 1. The van der Waals surface area contributed by atoms with Gasteiger partial charge in [0.1, 0.15) is 0 Å². The number of amides is 2. The molecule has 0 N–H and O–H groups in total. The summed E-state index contributed by atoms with van der Waals surface area (Å²) in [6.07, 6.45) is 0. The minimum absolute atomic E-state index is 0.330. The molecule has 5 heteroatoms. The van der Waals surface area contributed by atoms with Crippen molar-refractivity contribution in [2.75, 3.05) is 4.90 Å². The van der Waals surface area contributed by atoms with Gasteiger partial charge in [-0.25, -0.2) is 4.90 Å². The first-order valence-corrected chi connectivity index (χ1v) is 6.38. The van der Waals surface area contributed by atoms with Crippen molar-refractivity contribution in [2.45, 2.75) is 4.90 Å². The van der Waals surface area contributed by atoms with Gasteiger partial charge in [-0.1, -0.05) is 11.6 Å². The van der Waals surface area contributed by atoms with E-state index in [0.717, 1.165) is 9.80 Å². The maximum Gasteiger partial charge on any atom is 0.266 e. The Balaban J connectivity index is 2.10. The first kappa shape index (κ1) is 12.3. The van der Waals surface area contributed by atoms with Gasteiger partial charge in [0.2, 0.25) is 0 Å². The summed E-state index contributed by atoms with van der Waals surface area (Å²) in [4.78, 5) is 26.4. The standard InChI is InChI=1S/C14H8ClNO2S/c15-8-1-6-11-12(7-8)14(18)16(13(11)17)9-2-4-10(19)5-3-9/h1-7,19H. The highest BCUT2D eigenvalue weighted by molar-refractivity contribution is 7.80. The third-order valence-electron chi connectivity index (χ3n) is 2.96. The fourth-order valence-electron chi connectivity index (χ4n) is 2.05. The van der Waals surface area contributed by atoms with Crippen LogP contribution in [0.25, 0.3) is 0 Å². The molecule has 1 heterocycles. The molecule has 3 nitrogen and oxygen atoms in total. The Labute approximate surface area is 120 Å². The Hall–Kier alpha value is -1.78. The lowest BCUT2D eigenvalue weighted by atomic mass is 10.1. The van der Waals surface area contributed by atoms with Crippen molar-refractivity contribution in [2.24, 2.45) is 0 Å². The Morgan fingerprint density at radius 2 is 1.53 bits per heavy atom. The highest BCUT2D eigenvalue weighted by Gasteiger charge is 2.36. The van der Waals surface area contributed by atoms with Crippen LogP contribution in [0.15, 0.2) is 47.4 Å². The number of carbonyl (C=O) groups excluding carboxylic acids is 2. The largest absolute Gasteiger partial charge is 0.268 e. The van der Waals surface area contributed by atoms with Crippen LogP contribution in [0.5, 0.6) is 0 Å². The first-order chi connectivity index (χ1) is 9.08. The molecule has 2 aromatic rings. The minimum atomic E-state index is -0.352. The molecule has 0 saturated heterocycles. The van der Waals surface area contributed by atoms with Crippen LogP contribution >= 0.6 is 24.2 Å². The highest BCUT2D eigenvalue weighted by atomic mass is 35.5. The molecule has 19 heavy (non-hydrogen) atoms. The average molecular weight is 290 g/mol. The molecule has 0 atom stereocenters. The van der Waals surface area contributed by atoms with Gasteiger partial charge >= 0.3 is 0 Å². The van der Waals surface area contributed by atoms with Gasteiger partial charge in [-0.2, -0.15) is 0 Å². The molecule has 0 aliphatic carbocycles. The second-order valence-electron chi connectivity index (χ2n) is 4.15. The Kier molecular flexibility index (Phi) is 2.84. The quantitative estimate of drug-likeness (QED) is 0.645. The molecule has 94 valence electrons. The molecule has 0 bridgehead atoms. The number of halogens is 1. The van der Waals surface area contributed by atoms with Crippen molar-refractivity contribution in [1.29, 1.82) is 0 Å². The maximum absolute atomic E-state index is 12.3. The number of anilines is 1. The molecule has 0 fully saturated rings. The van der Waals surface area contributed by atoms with Crippen LogP contribution in [0.3, 0.4) is 0 Å². The number of benzene rings is 2. The van der Waals surface area contributed by atoms with E-state index in [1.165, 1.54) is 6.07 Å².